The van der Waals surface area contributed by atoms with E-state index in [1.54, 1.807) is 45.2 Å². The Morgan fingerprint density at radius 3 is 2.56 bits per heavy atom. The van der Waals surface area contributed by atoms with Crippen molar-refractivity contribution in [2.45, 2.75) is 39.2 Å². The van der Waals surface area contributed by atoms with E-state index < -0.39 is 6.10 Å². The summed E-state index contributed by atoms with van der Waals surface area (Å²) in [6, 6.07) is 7.02. The summed E-state index contributed by atoms with van der Waals surface area (Å²) in [5.41, 5.74) is 1.51. The molecule has 1 aromatic heterocycles. The zero-order valence-electron chi connectivity index (χ0n) is 15.7. The Balaban J connectivity index is 1.72. The maximum absolute atomic E-state index is 12.6. The zero-order chi connectivity index (χ0) is 19.4. The van der Waals surface area contributed by atoms with Gasteiger partial charge in [-0.25, -0.2) is 4.79 Å². The number of amides is 1. The summed E-state index contributed by atoms with van der Waals surface area (Å²) in [4.78, 5) is 26.1. The highest BCUT2D eigenvalue weighted by Crippen LogP contribution is 2.39. The number of nitrogens with one attached hydrogen (secondary N) is 1. The molecule has 0 saturated heterocycles. The molecule has 0 aliphatic heterocycles. The minimum absolute atomic E-state index is 0.299. The highest BCUT2D eigenvalue weighted by molar-refractivity contribution is 7.17. The minimum Gasteiger partial charge on any atom is -0.497 e. The number of hydrogen-bond acceptors (Lipinski definition) is 6. The highest BCUT2D eigenvalue weighted by atomic mass is 32.1. The van der Waals surface area contributed by atoms with E-state index >= 15 is 0 Å². The van der Waals surface area contributed by atoms with Crippen molar-refractivity contribution in [2.75, 3.05) is 19.0 Å². The van der Waals surface area contributed by atoms with E-state index in [2.05, 4.69) is 5.32 Å². The van der Waals surface area contributed by atoms with Crippen molar-refractivity contribution >= 4 is 28.2 Å². The fraction of sp³-hybridized carbons (Fsp3) is 0.400. The first kappa shape index (κ1) is 19.2. The van der Waals surface area contributed by atoms with Crippen molar-refractivity contribution in [2.24, 2.45) is 0 Å². The van der Waals surface area contributed by atoms with Gasteiger partial charge in [0.05, 0.1) is 19.3 Å². The van der Waals surface area contributed by atoms with Crippen LogP contribution in [-0.2, 0) is 22.4 Å². The van der Waals surface area contributed by atoms with Crippen molar-refractivity contribution in [3.8, 4) is 11.5 Å². The number of anilines is 1. The second-order valence-electron chi connectivity index (χ2n) is 6.21. The number of thiophene rings is 1. The number of rotatable bonds is 7. The quantitative estimate of drug-likeness (QED) is 0.729. The average molecular weight is 389 g/mol. The maximum atomic E-state index is 12.6. The molecule has 1 N–H and O–H groups in total. The summed E-state index contributed by atoms with van der Waals surface area (Å²) in [6.07, 6.45) is 2.08. The molecule has 27 heavy (non-hydrogen) atoms. The lowest BCUT2D eigenvalue weighted by atomic mass is 10.1. The normalized spacial score (nSPS) is 13.6. The molecule has 0 radical (unpaired) electrons. The van der Waals surface area contributed by atoms with Gasteiger partial charge in [0.25, 0.3) is 5.91 Å². The monoisotopic (exact) mass is 389 g/mol. The molecule has 3 rings (SSSR count). The van der Waals surface area contributed by atoms with Crippen LogP contribution in [-0.4, -0.2) is 31.7 Å². The summed E-state index contributed by atoms with van der Waals surface area (Å²) in [6.45, 7) is 3.74. The van der Waals surface area contributed by atoms with Crippen LogP contribution >= 0.6 is 11.3 Å². The van der Waals surface area contributed by atoms with Gasteiger partial charge in [-0.2, -0.15) is 0 Å². The molecule has 1 aromatic carbocycles. The van der Waals surface area contributed by atoms with Gasteiger partial charge in [0.15, 0.2) is 6.10 Å². The average Bonchev–Trinajstić information content (AvgIpc) is 3.23. The van der Waals surface area contributed by atoms with Gasteiger partial charge in [0, 0.05) is 4.88 Å². The number of carbonyl (C=O) groups is 2. The largest absolute Gasteiger partial charge is 0.497 e. The number of carbonyl (C=O) groups excluding carboxylic acids is 2. The standard InChI is InChI=1S/C20H23NO5S/c1-4-25-20(23)17-15-6-5-7-16(15)27-19(17)21-18(22)12(2)26-14-10-8-13(24-3)9-11-14/h8-12H,4-7H2,1-3H3,(H,21,22). The summed E-state index contributed by atoms with van der Waals surface area (Å²) < 4.78 is 16.0. The third-order valence-electron chi connectivity index (χ3n) is 4.38. The molecule has 144 valence electrons. The second-order valence-corrected chi connectivity index (χ2v) is 7.31. The minimum atomic E-state index is -0.717. The third-order valence-corrected chi connectivity index (χ3v) is 5.59. The summed E-state index contributed by atoms with van der Waals surface area (Å²) in [5, 5.41) is 3.40. The number of aryl methyl sites for hydroxylation is 1. The summed E-state index contributed by atoms with van der Waals surface area (Å²) in [7, 11) is 1.59. The van der Waals surface area contributed by atoms with E-state index in [1.807, 2.05) is 0 Å². The molecule has 1 aliphatic rings. The van der Waals surface area contributed by atoms with Gasteiger partial charge < -0.3 is 19.5 Å². The molecule has 0 spiro atoms. The second kappa shape index (κ2) is 8.43. The molecule has 7 heteroatoms. The van der Waals surface area contributed by atoms with E-state index in [0.717, 1.165) is 29.7 Å². The molecular formula is C20H23NO5S. The van der Waals surface area contributed by atoms with E-state index in [1.165, 1.54) is 11.3 Å². The lowest BCUT2D eigenvalue weighted by molar-refractivity contribution is -0.122. The molecule has 2 aromatic rings. The number of fused-ring (bicyclic) bond motifs is 1. The van der Waals surface area contributed by atoms with E-state index in [0.29, 0.717) is 28.7 Å². The summed E-state index contributed by atoms with van der Waals surface area (Å²) in [5.74, 6) is 0.594. The molecule has 0 bridgehead atoms. The smallest absolute Gasteiger partial charge is 0.341 e. The molecule has 1 atom stereocenters. The van der Waals surface area contributed by atoms with Crippen LogP contribution in [0, 0.1) is 0 Å². The van der Waals surface area contributed by atoms with Crippen LogP contribution in [0.5, 0.6) is 11.5 Å². The Morgan fingerprint density at radius 2 is 1.89 bits per heavy atom. The first-order chi connectivity index (χ1) is 13.0. The lowest BCUT2D eigenvalue weighted by Crippen LogP contribution is -2.30. The fourth-order valence-electron chi connectivity index (χ4n) is 3.04. The highest BCUT2D eigenvalue weighted by Gasteiger charge is 2.29. The van der Waals surface area contributed by atoms with Gasteiger partial charge in [0.2, 0.25) is 0 Å². The number of methoxy groups -OCH3 is 1. The van der Waals surface area contributed by atoms with E-state index in [9.17, 15) is 9.59 Å². The predicted octanol–water partition coefficient (Wildman–Crippen LogP) is 3.83. The van der Waals surface area contributed by atoms with Gasteiger partial charge in [-0.1, -0.05) is 0 Å². The van der Waals surface area contributed by atoms with Crippen molar-refractivity contribution in [3.63, 3.8) is 0 Å². The first-order valence-corrected chi connectivity index (χ1v) is 9.78. The third kappa shape index (κ3) is 4.24. The molecule has 1 unspecified atom stereocenters. The Kier molecular flexibility index (Phi) is 6.01. The van der Waals surface area contributed by atoms with Crippen LogP contribution in [0.25, 0.3) is 0 Å². The van der Waals surface area contributed by atoms with Gasteiger partial charge in [-0.05, 0) is 62.9 Å². The van der Waals surface area contributed by atoms with E-state index in [4.69, 9.17) is 14.2 Å². The topological polar surface area (TPSA) is 73.9 Å². The Bertz CT molecular complexity index is 828. The Labute approximate surface area is 162 Å². The zero-order valence-corrected chi connectivity index (χ0v) is 16.5. The van der Waals surface area contributed by atoms with Gasteiger partial charge in [-0.3, -0.25) is 4.79 Å². The van der Waals surface area contributed by atoms with Crippen LogP contribution in [0.4, 0.5) is 5.00 Å². The van der Waals surface area contributed by atoms with Crippen LogP contribution < -0.4 is 14.8 Å². The fourth-order valence-corrected chi connectivity index (χ4v) is 4.32. The summed E-state index contributed by atoms with van der Waals surface area (Å²) >= 11 is 1.45. The molecule has 1 heterocycles. The van der Waals surface area contributed by atoms with Gasteiger partial charge in [0.1, 0.15) is 16.5 Å². The maximum Gasteiger partial charge on any atom is 0.341 e. The molecule has 6 nitrogen and oxygen atoms in total. The van der Waals surface area contributed by atoms with Crippen molar-refractivity contribution < 1.29 is 23.8 Å². The molecule has 0 fully saturated rings. The first-order valence-electron chi connectivity index (χ1n) is 8.96. The molecule has 1 amide bonds. The number of esters is 1. The lowest BCUT2D eigenvalue weighted by Gasteiger charge is -2.15. The van der Waals surface area contributed by atoms with Crippen molar-refractivity contribution in [1.82, 2.24) is 0 Å². The number of ether oxygens (including phenoxy) is 3. The Morgan fingerprint density at radius 1 is 1.19 bits per heavy atom. The van der Waals surface area contributed by atoms with Crippen LogP contribution in [0.15, 0.2) is 24.3 Å². The number of hydrogen-bond donors (Lipinski definition) is 1. The van der Waals surface area contributed by atoms with Crippen LogP contribution in [0.2, 0.25) is 0 Å². The molecule has 1 aliphatic carbocycles. The van der Waals surface area contributed by atoms with Gasteiger partial charge >= 0.3 is 5.97 Å². The SMILES string of the molecule is CCOC(=O)c1c(NC(=O)C(C)Oc2ccc(OC)cc2)sc2c1CCC2. The van der Waals surface area contributed by atoms with E-state index in [-0.39, 0.29) is 11.9 Å². The number of benzene rings is 1. The molecule has 0 saturated carbocycles. The Hall–Kier alpha value is -2.54. The van der Waals surface area contributed by atoms with Gasteiger partial charge in [-0.15, -0.1) is 11.3 Å². The predicted molar refractivity (Wildman–Crippen MR) is 104 cm³/mol. The van der Waals surface area contributed by atoms with Crippen molar-refractivity contribution in [3.05, 3.63) is 40.3 Å². The van der Waals surface area contributed by atoms with Crippen LogP contribution in [0.1, 0.15) is 41.1 Å². The van der Waals surface area contributed by atoms with Crippen LogP contribution in [0.3, 0.4) is 0 Å². The van der Waals surface area contributed by atoms with Crippen molar-refractivity contribution in [1.29, 1.82) is 0 Å². The molecular weight excluding hydrogens is 366 g/mol.